The first-order valence-corrected chi connectivity index (χ1v) is 7.32. The highest BCUT2D eigenvalue weighted by Crippen LogP contribution is 2.29. The molecular weight excluding hydrogens is 238 g/mol. The maximum atomic E-state index is 5.82. The molecule has 0 amide bonds. The fourth-order valence-corrected chi connectivity index (χ4v) is 2.80. The highest BCUT2D eigenvalue weighted by molar-refractivity contribution is 5.53. The van der Waals surface area contributed by atoms with E-state index in [0.717, 1.165) is 24.2 Å². The van der Waals surface area contributed by atoms with Crippen LogP contribution in [0.3, 0.4) is 0 Å². The number of nitrogens with one attached hydrogen (secondary N) is 1. The molecule has 1 fully saturated rings. The summed E-state index contributed by atoms with van der Waals surface area (Å²) in [6, 6.07) is 3.77. The second kappa shape index (κ2) is 6.64. The fraction of sp³-hybridized carbons (Fsp3) is 0.667. The van der Waals surface area contributed by atoms with Crippen LogP contribution in [0.1, 0.15) is 39.5 Å². The lowest BCUT2D eigenvalue weighted by Gasteiger charge is -2.27. The van der Waals surface area contributed by atoms with Crippen molar-refractivity contribution < 1.29 is 4.74 Å². The van der Waals surface area contributed by atoms with Crippen LogP contribution in [0.2, 0.25) is 0 Å². The summed E-state index contributed by atoms with van der Waals surface area (Å²) in [5, 5.41) is 3.41. The van der Waals surface area contributed by atoms with Crippen molar-refractivity contribution in [3.8, 4) is 5.88 Å². The molecular formula is C15H25N3O. The minimum Gasteiger partial charge on any atom is -0.476 e. The van der Waals surface area contributed by atoms with E-state index in [0.29, 0.717) is 18.2 Å². The number of anilines is 2. The molecule has 1 aliphatic carbocycles. The third-order valence-corrected chi connectivity index (χ3v) is 3.79. The minimum atomic E-state index is 0.532. The Morgan fingerprint density at radius 3 is 3.00 bits per heavy atom. The van der Waals surface area contributed by atoms with Crippen LogP contribution in [0.4, 0.5) is 11.5 Å². The number of hydrogen-bond acceptors (Lipinski definition) is 4. The lowest BCUT2D eigenvalue weighted by molar-refractivity contribution is 0.293. The van der Waals surface area contributed by atoms with E-state index in [9.17, 15) is 0 Å². The second-order valence-electron chi connectivity index (χ2n) is 5.54. The van der Waals surface area contributed by atoms with Crippen LogP contribution in [0.5, 0.6) is 5.88 Å². The molecule has 1 saturated carbocycles. The Hall–Kier alpha value is -1.45. The van der Waals surface area contributed by atoms with Gasteiger partial charge >= 0.3 is 0 Å². The first-order chi connectivity index (χ1) is 9.19. The number of hydrogen-bond donors (Lipinski definition) is 2. The molecule has 0 spiro atoms. The molecule has 1 aromatic rings. The molecule has 0 saturated heterocycles. The lowest BCUT2D eigenvalue weighted by Crippen LogP contribution is -2.21. The van der Waals surface area contributed by atoms with Gasteiger partial charge in [0.15, 0.2) is 0 Å². The largest absolute Gasteiger partial charge is 0.476 e. The van der Waals surface area contributed by atoms with Gasteiger partial charge in [0, 0.05) is 6.54 Å². The predicted octanol–water partition coefficient (Wildman–Crippen LogP) is 3.30. The van der Waals surface area contributed by atoms with Crippen LogP contribution in [-0.4, -0.2) is 18.1 Å². The van der Waals surface area contributed by atoms with E-state index in [1.54, 1.807) is 0 Å². The van der Waals surface area contributed by atoms with Gasteiger partial charge in [0.1, 0.15) is 5.82 Å². The van der Waals surface area contributed by atoms with Crippen molar-refractivity contribution in [2.45, 2.75) is 39.5 Å². The highest BCUT2D eigenvalue weighted by atomic mass is 16.5. The van der Waals surface area contributed by atoms with Crippen LogP contribution < -0.4 is 15.8 Å². The number of nitrogen functional groups attached to an aromatic ring is 1. The van der Waals surface area contributed by atoms with E-state index in [-0.39, 0.29) is 0 Å². The molecule has 0 aromatic carbocycles. The summed E-state index contributed by atoms with van der Waals surface area (Å²) in [7, 11) is 0. The zero-order chi connectivity index (χ0) is 13.7. The number of ether oxygens (including phenoxy) is 1. The number of nitrogens with two attached hydrogens (primary N) is 1. The Balaban J connectivity index is 1.90. The Morgan fingerprint density at radius 1 is 1.42 bits per heavy atom. The summed E-state index contributed by atoms with van der Waals surface area (Å²) in [5.74, 6) is 3.01. The van der Waals surface area contributed by atoms with Gasteiger partial charge in [-0.3, -0.25) is 0 Å². The summed E-state index contributed by atoms with van der Waals surface area (Å²) in [4.78, 5) is 4.41. The van der Waals surface area contributed by atoms with Crippen molar-refractivity contribution in [1.82, 2.24) is 4.98 Å². The van der Waals surface area contributed by atoms with Gasteiger partial charge in [0.25, 0.3) is 0 Å². The molecule has 4 heteroatoms. The first kappa shape index (κ1) is 14.0. The molecule has 0 aliphatic heterocycles. The van der Waals surface area contributed by atoms with Gasteiger partial charge in [-0.05, 0) is 43.7 Å². The SMILES string of the molecule is CCOc1nc(NCC2CCCC(C)C2)ccc1N. The molecule has 2 rings (SSSR count). The molecule has 2 unspecified atom stereocenters. The summed E-state index contributed by atoms with van der Waals surface area (Å²) < 4.78 is 5.41. The smallest absolute Gasteiger partial charge is 0.239 e. The molecule has 4 nitrogen and oxygen atoms in total. The maximum absolute atomic E-state index is 5.82. The normalized spacial score (nSPS) is 23.1. The Bertz CT molecular complexity index is 408. The van der Waals surface area contributed by atoms with Crippen molar-refractivity contribution in [2.24, 2.45) is 11.8 Å². The second-order valence-corrected chi connectivity index (χ2v) is 5.54. The quantitative estimate of drug-likeness (QED) is 0.855. The zero-order valence-electron chi connectivity index (χ0n) is 12.0. The maximum Gasteiger partial charge on any atom is 0.239 e. The average Bonchev–Trinajstić information content (AvgIpc) is 2.40. The third kappa shape index (κ3) is 4.01. The topological polar surface area (TPSA) is 60.2 Å². The first-order valence-electron chi connectivity index (χ1n) is 7.32. The van der Waals surface area contributed by atoms with Gasteiger partial charge in [-0.2, -0.15) is 4.98 Å². The van der Waals surface area contributed by atoms with Crippen LogP contribution in [0, 0.1) is 11.8 Å². The average molecular weight is 263 g/mol. The number of nitrogens with zero attached hydrogens (tertiary/aromatic N) is 1. The Morgan fingerprint density at radius 2 is 2.26 bits per heavy atom. The summed E-state index contributed by atoms with van der Waals surface area (Å²) in [6.45, 7) is 5.86. The molecule has 0 bridgehead atoms. The minimum absolute atomic E-state index is 0.532. The molecule has 19 heavy (non-hydrogen) atoms. The van der Waals surface area contributed by atoms with Gasteiger partial charge in [-0.15, -0.1) is 0 Å². The summed E-state index contributed by atoms with van der Waals surface area (Å²) in [5.41, 5.74) is 6.41. The van der Waals surface area contributed by atoms with Crippen molar-refractivity contribution >= 4 is 11.5 Å². The Labute approximate surface area is 115 Å². The van der Waals surface area contributed by atoms with E-state index in [4.69, 9.17) is 10.5 Å². The monoisotopic (exact) mass is 263 g/mol. The molecule has 0 radical (unpaired) electrons. The Kier molecular flexibility index (Phi) is 4.88. The zero-order valence-corrected chi connectivity index (χ0v) is 12.0. The van der Waals surface area contributed by atoms with E-state index >= 15 is 0 Å². The van der Waals surface area contributed by atoms with Gasteiger partial charge in [0.2, 0.25) is 5.88 Å². The fourth-order valence-electron chi connectivity index (χ4n) is 2.80. The van der Waals surface area contributed by atoms with Crippen molar-refractivity contribution in [3.05, 3.63) is 12.1 Å². The molecule has 3 N–H and O–H groups in total. The van der Waals surface area contributed by atoms with Crippen LogP contribution in [0.15, 0.2) is 12.1 Å². The van der Waals surface area contributed by atoms with Gasteiger partial charge < -0.3 is 15.8 Å². The standard InChI is InChI=1S/C15H25N3O/c1-3-19-15-13(16)7-8-14(18-15)17-10-12-6-4-5-11(2)9-12/h7-8,11-12H,3-6,9-10,16H2,1-2H3,(H,17,18). The molecule has 1 aliphatic rings. The number of aromatic nitrogens is 1. The van der Waals surface area contributed by atoms with Crippen LogP contribution >= 0.6 is 0 Å². The molecule has 106 valence electrons. The highest BCUT2D eigenvalue weighted by Gasteiger charge is 2.18. The third-order valence-electron chi connectivity index (χ3n) is 3.79. The predicted molar refractivity (Wildman–Crippen MR) is 79.4 cm³/mol. The summed E-state index contributed by atoms with van der Waals surface area (Å²) >= 11 is 0. The lowest BCUT2D eigenvalue weighted by atomic mass is 9.82. The van der Waals surface area contributed by atoms with Crippen molar-refractivity contribution in [2.75, 3.05) is 24.2 Å². The molecule has 1 aromatic heterocycles. The van der Waals surface area contributed by atoms with Crippen LogP contribution in [0.25, 0.3) is 0 Å². The summed E-state index contributed by atoms with van der Waals surface area (Å²) in [6.07, 6.45) is 5.38. The van der Waals surface area contributed by atoms with Crippen LogP contribution in [-0.2, 0) is 0 Å². The molecule has 1 heterocycles. The number of rotatable bonds is 5. The van der Waals surface area contributed by atoms with E-state index < -0.39 is 0 Å². The molecule has 2 atom stereocenters. The van der Waals surface area contributed by atoms with E-state index in [1.807, 2.05) is 19.1 Å². The van der Waals surface area contributed by atoms with Gasteiger partial charge in [0.05, 0.1) is 12.3 Å². The van der Waals surface area contributed by atoms with E-state index in [2.05, 4.69) is 17.2 Å². The van der Waals surface area contributed by atoms with Gasteiger partial charge in [-0.25, -0.2) is 0 Å². The number of pyridine rings is 1. The van der Waals surface area contributed by atoms with Crippen molar-refractivity contribution in [3.63, 3.8) is 0 Å². The van der Waals surface area contributed by atoms with Crippen molar-refractivity contribution in [1.29, 1.82) is 0 Å². The van der Waals surface area contributed by atoms with Gasteiger partial charge in [-0.1, -0.05) is 19.8 Å². The van der Waals surface area contributed by atoms with E-state index in [1.165, 1.54) is 25.7 Å².